The molecule has 0 radical (unpaired) electrons. The molecule has 2 aromatic carbocycles. The molecule has 0 aromatic heterocycles. The quantitative estimate of drug-likeness (QED) is 0.705. The molecule has 0 saturated heterocycles. The number of halogens is 2. The van der Waals surface area contributed by atoms with Gasteiger partial charge in [0.2, 0.25) is 0 Å². The van der Waals surface area contributed by atoms with Crippen LogP contribution in [0.1, 0.15) is 23.7 Å². The van der Waals surface area contributed by atoms with Crippen LogP contribution in [-0.2, 0) is 0 Å². The number of hydrogen-bond acceptors (Lipinski definition) is 3. The maximum Gasteiger partial charge on any atom is 0.251 e. The van der Waals surface area contributed by atoms with Gasteiger partial charge in [0.15, 0.2) is 0 Å². The molecule has 0 spiro atoms. The molecule has 2 aromatic rings. The zero-order chi connectivity index (χ0) is 16.1. The van der Waals surface area contributed by atoms with Gasteiger partial charge in [-0.25, -0.2) is 0 Å². The van der Waals surface area contributed by atoms with Crippen molar-refractivity contribution in [3.63, 3.8) is 0 Å². The minimum Gasteiger partial charge on any atom is -0.397 e. The van der Waals surface area contributed by atoms with Crippen LogP contribution in [0.3, 0.4) is 0 Å². The van der Waals surface area contributed by atoms with E-state index in [9.17, 15) is 4.79 Å². The highest BCUT2D eigenvalue weighted by Gasteiger charge is 2.10. The van der Waals surface area contributed by atoms with Crippen molar-refractivity contribution in [1.29, 1.82) is 0 Å². The van der Waals surface area contributed by atoms with Crippen molar-refractivity contribution in [3.05, 3.63) is 52.0 Å². The molecule has 0 aliphatic rings. The highest BCUT2D eigenvalue weighted by atomic mass is 35.5. The molecule has 0 aliphatic heterocycles. The minimum absolute atomic E-state index is 0.138. The fraction of sp³-hybridized carbons (Fsp3) is 0.188. The third kappa shape index (κ3) is 3.84. The lowest BCUT2D eigenvalue weighted by Gasteiger charge is -2.13. The summed E-state index contributed by atoms with van der Waals surface area (Å²) in [6, 6.07) is 10.4. The second-order valence-electron chi connectivity index (χ2n) is 4.78. The van der Waals surface area contributed by atoms with Gasteiger partial charge in [0, 0.05) is 12.1 Å². The zero-order valence-corrected chi connectivity index (χ0v) is 13.6. The van der Waals surface area contributed by atoms with Gasteiger partial charge < -0.3 is 16.4 Å². The number of nitrogens with two attached hydrogens (primary N) is 1. The summed E-state index contributed by atoms with van der Waals surface area (Å²) in [4.78, 5) is 11.9. The van der Waals surface area contributed by atoms with E-state index >= 15 is 0 Å². The van der Waals surface area contributed by atoms with Gasteiger partial charge in [-0.05, 0) is 36.8 Å². The number of benzene rings is 2. The van der Waals surface area contributed by atoms with Gasteiger partial charge in [-0.1, -0.05) is 36.2 Å². The topological polar surface area (TPSA) is 67.2 Å². The molecule has 4 N–H and O–H groups in total. The van der Waals surface area contributed by atoms with Crippen molar-refractivity contribution in [3.8, 4) is 0 Å². The summed E-state index contributed by atoms with van der Waals surface area (Å²) in [6.45, 7) is 2.63. The Morgan fingerprint density at radius 3 is 2.64 bits per heavy atom. The molecule has 0 saturated carbocycles. The Morgan fingerprint density at radius 2 is 1.95 bits per heavy atom. The molecule has 0 atom stereocenters. The van der Waals surface area contributed by atoms with Gasteiger partial charge in [-0.15, -0.1) is 0 Å². The van der Waals surface area contributed by atoms with E-state index in [1.807, 2.05) is 6.92 Å². The smallest absolute Gasteiger partial charge is 0.251 e. The van der Waals surface area contributed by atoms with Gasteiger partial charge in [0.1, 0.15) is 0 Å². The number of rotatable bonds is 5. The molecule has 0 fully saturated rings. The van der Waals surface area contributed by atoms with Gasteiger partial charge >= 0.3 is 0 Å². The van der Waals surface area contributed by atoms with Crippen LogP contribution in [0.2, 0.25) is 10.0 Å². The molecule has 0 unspecified atom stereocenters. The predicted octanol–water partition coefficient (Wildman–Crippen LogP) is 4.46. The van der Waals surface area contributed by atoms with E-state index in [1.165, 1.54) is 0 Å². The second kappa shape index (κ2) is 7.38. The van der Waals surface area contributed by atoms with Crippen molar-refractivity contribution in [2.45, 2.75) is 13.3 Å². The Bertz CT molecular complexity index is 689. The monoisotopic (exact) mass is 337 g/mol. The van der Waals surface area contributed by atoms with Gasteiger partial charge in [0.25, 0.3) is 5.91 Å². The molecular formula is C16H17Cl2N3O. The number of nitrogens with one attached hydrogen (secondary N) is 2. The lowest BCUT2D eigenvalue weighted by Crippen LogP contribution is -2.24. The third-order valence-electron chi connectivity index (χ3n) is 3.07. The molecule has 2 rings (SSSR count). The number of anilines is 3. The van der Waals surface area contributed by atoms with E-state index in [1.54, 1.807) is 36.4 Å². The zero-order valence-electron chi connectivity index (χ0n) is 12.1. The summed E-state index contributed by atoms with van der Waals surface area (Å²) in [7, 11) is 0. The van der Waals surface area contributed by atoms with Crippen LogP contribution < -0.4 is 16.4 Å². The minimum atomic E-state index is -0.138. The number of carbonyl (C=O) groups is 1. The molecule has 6 heteroatoms. The maximum absolute atomic E-state index is 11.9. The van der Waals surface area contributed by atoms with Crippen LogP contribution in [0.4, 0.5) is 17.1 Å². The molecule has 1 amide bonds. The van der Waals surface area contributed by atoms with Crippen LogP contribution in [0.15, 0.2) is 36.4 Å². The average molecular weight is 338 g/mol. The van der Waals surface area contributed by atoms with Gasteiger partial charge in [-0.2, -0.15) is 0 Å². The number of hydrogen-bond donors (Lipinski definition) is 3. The van der Waals surface area contributed by atoms with Crippen LogP contribution in [-0.4, -0.2) is 12.5 Å². The Morgan fingerprint density at radius 1 is 1.18 bits per heavy atom. The SMILES string of the molecule is CCCNC(=O)c1ccc(Nc2cccc(Cl)c2Cl)c(N)c1. The number of amides is 1. The van der Waals surface area contributed by atoms with Crippen LogP contribution >= 0.6 is 23.2 Å². The summed E-state index contributed by atoms with van der Waals surface area (Å²) in [6.07, 6.45) is 0.883. The largest absolute Gasteiger partial charge is 0.397 e. The summed E-state index contributed by atoms with van der Waals surface area (Å²) >= 11 is 12.1. The second-order valence-corrected chi connectivity index (χ2v) is 5.57. The summed E-state index contributed by atoms with van der Waals surface area (Å²) < 4.78 is 0. The van der Waals surface area contributed by atoms with E-state index in [0.717, 1.165) is 6.42 Å². The van der Waals surface area contributed by atoms with Gasteiger partial charge in [-0.3, -0.25) is 4.79 Å². The number of carbonyl (C=O) groups excluding carboxylic acids is 1. The fourth-order valence-electron chi connectivity index (χ4n) is 1.90. The number of nitrogen functional groups attached to an aromatic ring is 1. The first-order chi connectivity index (χ1) is 10.5. The summed E-state index contributed by atoms with van der Waals surface area (Å²) in [5, 5.41) is 6.81. The van der Waals surface area contributed by atoms with E-state index in [0.29, 0.717) is 39.2 Å². The summed E-state index contributed by atoms with van der Waals surface area (Å²) in [5.74, 6) is -0.138. The highest BCUT2D eigenvalue weighted by molar-refractivity contribution is 6.43. The van der Waals surface area contributed by atoms with Crippen LogP contribution in [0, 0.1) is 0 Å². The molecule has 0 heterocycles. The van der Waals surface area contributed by atoms with Crippen molar-refractivity contribution < 1.29 is 4.79 Å². The first-order valence-corrected chi connectivity index (χ1v) is 7.67. The van der Waals surface area contributed by atoms with E-state index in [-0.39, 0.29) is 5.91 Å². The fourth-order valence-corrected chi connectivity index (χ4v) is 2.25. The Hall–Kier alpha value is -1.91. The van der Waals surface area contributed by atoms with Crippen molar-refractivity contribution in [1.82, 2.24) is 5.32 Å². The molecule has 0 aliphatic carbocycles. The highest BCUT2D eigenvalue weighted by Crippen LogP contribution is 2.33. The lowest BCUT2D eigenvalue weighted by atomic mass is 10.1. The molecule has 4 nitrogen and oxygen atoms in total. The molecule has 0 bridgehead atoms. The summed E-state index contributed by atoms with van der Waals surface area (Å²) in [5.41, 5.74) is 8.31. The first-order valence-electron chi connectivity index (χ1n) is 6.91. The Labute approximate surface area is 139 Å². The van der Waals surface area contributed by atoms with E-state index < -0.39 is 0 Å². The van der Waals surface area contributed by atoms with E-state index in [4.69, 9.17) is 28.9 Å². The molecule has 116 valence electrons. The van der Waals surface area contributed by atoms with Gasteiger partial charge in [0.05, 0.1) is 27.1 Å². The van der Waals surface area contributed by atoms with Crippen molar-refractivity contribution >= 4 is 46.2 Å². The van der Waals surface area contributed by atoms with Crippen molar-refractivity contribution in [2.75, 3.05) is 17.6 Å². The van der Waals surface area contributed by atoms with Crippen molar-refractivity contribution in [2.24, 2.45) is 0 Å². The Balaban J connectivity index is 2.20. The van der Waals surface area contributed by atoms with Crippen LogP contribution in [0.25, 0.3) is 0 Å². The lowest BCUT2D eigenvalue weighted by molar-refractivity contribution is 0.0953. The normalized spacial score (nSPS) is 10.3. The molecule has 22 heavy (non-hydrogen) atoms. The standard InChI is InChI=1S/C16H17Cl2N3O/c1-2-8-20-16(22)10-6-7-13(12(19)9-10)21-14-5-3-4-11(17)15(14)18/h3-7,9,21H,2,8,19H2,1H3,(H,20,22). The third-order valence-corrected chi connectivity index (χ3v) is 3.89. The van der Waals surface area contributed by atoms with Crippen LogP contribution in [0.5, 0.6) is 0 Å². The maximum atomic E-state index is 11.9. The Kier molecular flexibility index (Phi) is 5.52. The first kappa shape index (κ1) is 16.5. The average Bonchev–Trinajstić information content (AvgIpc) is 2.51. The van der Waals surface area contributed by atoms with E-state index in [2.05, 4.69) is 10.6 Å². The molecular weight excluding hydrogens is 321 g/mol. The predicted molar refractivity (Wildman–Crippen MR) is 93.2 cm³/mol.